The van der Waals surface area contributed by atoms with E-state index < -0.39 is 0 Å². The highest BCUT2D eigenvalue weighted by Gasteiger charge is 2.11. The molecule has 0 aliphatic heterocycles. The van der Waals surface area contributed by atoms with Crippen LogP contribution in [0.1, 0.15) is 20.9 Å². The molecule has 0 spiro atoms. The summed E-state index contributed by atoms with van der Waals surface area (Å²) >= 11 is 13.3. The van der Waals surface area contributed by atoms with Gasteiger partial charge in [-0.1, -0.05) is 35.3 Å². The maximum atomic E-state index is 12.2. The Morgan fingerprint density at radius 3 is 2.25 bits per heavy atom. The number of nitrogens with one attached hydrogen (secondary N) is 1. The topological polar surface area (TPSA) is 42.0 Å². The average molecular weight is 377 g/mol. The van der Waals surface area contributed by atoms with Crippen LogP contribution in [-0.4, -0.2) is 10.9 Å². The first-order valence-electron chi connectivity index (χ1n) is 7.29. The maximum absolute atomic E-state index is 12.2. The largest absolute Gasteiger partial charge is 0.347 e. The van der Waals surface area contributed by atoms with Gasteiger partial charge < -0.3 is 5.32 Å². The molecule has 2 aromatic carbocycles. The summed E-state index contributed by atoms with van der Waals surface area (Å²) in [4.78, 5) is 17.8. The lowest BCUT2D eigenvalue weighted by molar-refractivity contribution is 0.0951. The number of carbonyl (C=O) groups excluding carboxylic acids is 1. The van der Waals surface area contributed by atoms with Crippen LogP contribution < -0.4 is 5.32 Å². The number of nitrogens with zero attached hydrogens (tertiary/aromatic N) is 1. The second-order valence-corrected chi connectivity index (χ2v) is 7.18. The molecule has 0 radical (unpaired) electrons. The standard InChI is InChI=1S/C18H14Cl2N2OS/c1-11-16(10-21-17(23)12-2-6-14(19)7-3-12)24-18(22-11)13-4-8-15(20)9-5-13/h2-9H,10H2,1H3,(H,21,23). The van der Waals surface area contributed by atoms with E-state index in [1.807, 2.05) is 31.2 Å². The first kappa shape index (κ1) is 17.0. The Morgan fingerprint density at radius 1 is 1.04 bits per heavy atom. The normalized spacial score (nSPS) is 10.6. The van der Waals surface area contributed by atoms with Gasteiger partial charge in [0.25, 0.3) is 5.91 Å². The minimum absolute atomic E-state index is 0.132. The van der Waals surface area contributed by atoms with E-state index in [0.717, 1.165) is 21.1 Å². The van der Waals surface area contributed by atoms with Gasteiger partial charge in [0, 0.05) is 26.0 Å². The molecule has 3 rings (SSSR count). The van der Waals surface area contributed by atoms with Gasteiger partial charge in [-0.25, -0.2) is 4.98 Å². The van der Waals surface area contributed by atoms with E-state index >= 15 is 0 Å². The highest BCUT2D eigenvalue weighted by molar-refractivity contribution is 7.15. The zero-order valence-electron chi connectivity index (χ0n) is 12.8. The van der Waals surface area contributed by atoms with Crippen LogP contribution in [0.4, 0.5) is 0 Å². The molecule has 0 saturated heterocycles. The van der Waals surface area contributed by atoms with Gasteiger partial charge >= 0.3 is 0 Å². The van der Waals surface area contributed by atoms with Crippen LogP contribution in [-0.2, 0) is 6.54 Å². The van der Waals surface area contributed by atoms with Crippen LogP contribution in [0.3, 0.4) is 0 Å². The van der Waals surface area contributed by atoms with Crippen LogP contribution >= 0.6 is 34.5 Å². The fraction of sp³-hybridized carbons (Fsp3) is 0.111. The van der Waals surface area contributed by atoms with Crippen molar-refractivity contribution < 1.29 is 4.79 Å². The summed E-state index contributed by atoms with van der Waals surface area (Å²) in [5.74, 6) is -0.132. The Kier molecular flexibility index (Phi) is 5.19. The fourth-order valence-electron chi connectivity index (χ4n) is 2.17. The third-order valence-electron chi connectivity index (χ3n) is 3.50. The quantitative estimate of drug-likeness (QED) is 0.666. The Morgan fingerprint density at radius 2 is 1.62 bits per heavy atom. The number of rotatable bonds is 4. The van der Waals surface area contributed by atoms with Gasteiger partial charge in [-0.2, -0.15) is 0 Å². The number of aryl methyl sites for hydroxylation is 1. The first-order valence-corrected chi connectivity index (χ1v) is 8.86. The number of hydrogen-bond donors (Lipinski definition) is 1. The Bertz CT molecular complexity index is 858. The van der Waals surface area contributed by atoms with E-state index in [0.29, 0.717) is 22.2 Å². The summed E-state index contributed by atoms with van der Waals surface area (Å²) in [7, 11) is 0. The first-order chi connectivity index (χ1) is 11.5. The molecule has 3 aromatic rings. The van der Waals surface area contributed by atoms with Gasteiger partial charge in [-0.3, -0.25) is 4.79 Å². The summed E-state index contributed by atoms with van der Waals surface area (Å²) in [5.41, 5.74) is 2.52. The minimum atomic E-state index is -0.132. The SMILES string of the molecule is Cc1nc(-c2ccc(Cl)cc2)sc1CNC(=O)c1ccc(Cl)cc1. The van der Waals surface area contributed by atoms with E-state index in [4.69, 9.17) is 23.2 Å². The van der Waals surface area contributed by atoms with Gasteiger partial charge in [-0.05, 0) is 43.3 Å². The highest BCUT2D eigenvalue weighted by atomic mass is 35.5. The van der Waals surface area contributed by atoms with Crippen molar-refractivity contribution in [3.8, 4) is 10.6 Å². The summed E-state index contributed by atoms with van der Waals surface area (Å²) in [5, 5.41) is 5.14. The lowest BCUT2D eigenvalue weighted by Crippen LogP contribution is -2.22. The molecule has 0 fully saturated rings. The lowest BCUT2D eigenvalue weighted by Gasteiger charge is -2.04. The predicted molar refractivity (Wildman–Crippen MR) is 99.9 cm³/mol. The van der Waals surface area contributed by atoms with Gasteiger partial charge in [0.1, 0.15) is 5.01 Å². The summed E-state index contributed by atoms with van der Waals surface area (Å²) in [6.45, 7) is 2.39. The zero-order chi connectivity index (χ0) is 17.1. The van der Waals surface area contributed by atoms with Crippen LogP contribution in [0.2, 0.25) is 10.0 Å². The van der Waals surface area contributed by atoms with Gasteiger partial charge in [0.15, 0.2) is 0 Å². The Labute approximate surface area is 154 Å². The number of carbonyl (C=O) groups is 1. The second kappa shape index (κ2) is 7.34. The van der Waals surface area contributed by atoms with Crippen LogP contribution in [0.25, 0.3) is 10.6 Å². The molecule has 1 heterocycles. The van der Waals surface area contributed by atoms with Crippen molar-refractivity contribution in [2.24, 2.45) is 0 Å². The van der Waals surface area contributed by atoms with Crippen molar-refractivity contribution in [1.82, 2.24) is 10.3 Å². The fourth-order valence-corrected chi connectivity index (χ4v) is 3.43. The van der Waals surface area contributed by atoms with E-state index in [1.165, 1.54) is 0 Å². The third kappa shape index (κ3) is 3.96. The molecule has 6 heteroatoms. The molecule has 122 valence electrons. The smallest absolute Gasteiger partial charge is 0.251 e. The highest BCUT2D eigenvalue weighted by Crippen LogP contribution is 2.28. The molecule has 0 saturated carbocycles. The zero-order valence-corrected chi connectivity index (χ0v) is 15.2. The molecule has 0 atom stereocenters. The van der Waals surface area contributed by atoms with E-state index in [-0.39, 0.29) is 5.91 Å². The van der Waals surface area contributed by atoms with Crippen molar-refractivity contribution in [2.45, 2.75) is 13.5 Å². The van der Waals surface area contributed by atoms with Crippen molar-refractivity contribution in [1.29, 1.82) is 0 Å². The van der Waals surface area contributed by atoms with E-state index in [1.54, 1.807) is 35.6 Å². The third-order valence-corrected chi connectivity index (χ3v) is 5.21. The van der Waals surface area contributed by atoms with Gasteiger partial charge in [-0.15, -0.1) is 11.3 Å². The Balaban J connectivity index is 1.70. The minimum Gasteiger partial charge on any atom is -0.347 e. The second-order valence-electron chi connectivity index (χ2n) is 5.22. The lowest BCUT2D eigenvalue weighted by atomic mass is 10.2. The number of amides is 1. The van der Waals surface area contributed by atoms with Crippen LogP contribution in [0.15, 0.2) is 48.5 Å². The molecular weight excluding hydrogens is 363 g/mol. The van der Waals surface area contributed by atoms with E-state index in [2.05, 4.69) is 10.3 Å². The van der Waals surface area contributed by atoms with Gasteiger partial charge in [0.2, 0.25) is 0 Å². The molecule has 0 aliphatic carbocycles. The predicted octanol–water partition coefficient (Wildman–Crippen LogP) is 5.36. The van der Waals surface area contributed by atoms with Crippen molar-refractivity contribution in [3.63, 3.8) is 0 Å². The number of aromatic nitrogens is 1. The maximum Gasteiger partial charge on any atom is 0.251 e. The molecule has 24 heavy (non-hydrogen) atoms. The molecule has 1 amide bonds. The summed E-state index contributed by atoms with van der Waals surface area (Å²) in [6.07, 6.45) is 0. The molecule has 3 nitrogen and oxygen atoms in total. The average Bonchev–Trinajstić information content (AvgIpc) is 2.95. The Hall–Kier alpha value is -1.88. The summed E-state index contributed by atoms with van der Waals surface area (Å²) in [6, 6.07) is 14.4. The number of hydrogen-bond acceptors (Lipinski definition) is 3. The van der Waals surface area contributed by atoms with E-state index in [9.17, 15) is 4.79 Å². The number of thiazole rings is 1. The summed E-state index contributed by atoms with van der Waals surface area (Å²) < 4.78 is 0. The van der Waals surface area contributed by atoms with Crippen LogP contribution in [0, 0.1) is 6.92 Å². The monoisotopic (exact) mass is 376 g/mol. The molecule has 1 N–H and O–H groups in total. The van der Waals surface area contributed by atoms with Crippen molar-refractivity contribution >= 4 is 40.4 Å². The number of benzene rings is 2. The van der Waals surface area contributed by atoms with Crippen molar-refractivity contribution in [3.05, 3.63) is 74.7 Å². The van der Waals surface area contributed by atoms with Crippen molar-refractivity contribution in [2.75, 3.05) is 0 Å². The molecule has 0 bridgehead atoms. The number of halogens is 2. The molecule has 1 aromatic heterocycles. The van der Waals surface area contributed by atoms with Gasteiger partial charge in [0.05, 0.1) is 12.2 Å². The molecular formula is C18H14Cl2N2OS. The van der Waals surface area contributed by atoms with Crippen LogP contribution in [0.5, 0.6) is 0 Å². The molecule has 0 unspecified atom stereocenters. The molecule has 0 aliphatic rings.